The molecular formula is C12H18N2O9. The van der Waals surface area contributed by atoms with E-state index in [1.807, 2.05) is 0 Å². The molecule has 0 radical (unpaired) electrons. The summed E-state index contributed by atoms with van der Waals surface area (Å²) >= 11 is 0. The number of hydrogen-bond acceptors (Lipinski definition) is 7. The molecule has 0 aliphatic rings. The zero-order valence-electron chi connectivity index (χ0n) is 12.4. The van der Waals surface area contributed by atoms with Crippen LogP contribution in [0.15, 0.2) is 0 Å². The average Bonchev–Trinajstić information content (AvgIpc) is 2.42. The summed E-state index contributed by atoms with van der Waals surface area (Å²) in [5.74, 6) is -4.29. The van der Waals surface area contributed by atoms with Gasteiger partial charge in [0, 0.05) is 6.54 Å². The Hall–Kier alpha value is -2.53. The molecule has 2 amide bonds. The lowest BCUT2D eigenvalue weighted by molar-refractivity contribution is -0.145. The number of carbonyl (C=O) groups excluding carboxylic acids is 3. The molecule has 0 bridgehead atoms. The summed E-state index contributed by atoms with van der Waals surface area (Å²) in [4.78, 5) is 54.6. The number of carboxylic acids is 2. The molecular weight excluding hydrogens is 316 g/mol. The summed E-state index contributed by atoms with van der Waals surface area (Å²) in [7, 11) is 0. The molecule has 0 saturated heterocycles. The molecule has 0 fully saturated rings. The van der Waals surface area contributed by atoms with Gasteiger partial charge in [-0.2, -0.15) is 0 Å². The van der Waals surface area contributed by atoms with Gasteiger partial charge >= 0.3 is 11.9 Å². The number of carbonyl (C=O) groups is 5. The van der Waals surface area contributed by atoms with Crippen molar-refractivity contribution >= 4 is 29.5 Å². The topological polar surface area (TPSA) is 168 Å². The van der Waals surface area contributed by atoms with Crippen molar-refractivity contribution in [2.75, 3.05) is 33.0 Å². The van der Waals surface area contributed by atoms with Crippen molar-refractivity contribution in [2.45, 2.75) is 13.0 Å². The Bertz CT molecular complexity index is 463. The third-order valence-corrected chi connectivity index (χ3v) is 2.25. The number of aliphatic carboxylic acids is 2. The summed E-state index contributed by atoms with van der Waals surface area (Å²) < 4.78 is 9.10. The molecule has 11 heteroatoms. The van der Waals surface area contributed by atoms with Gasteiger partial charge in [0.05, 0.1) is 0 Å². The summed E-state index contributed by atoms with van der Waals surface area (Å²) in [6.07, 6.45) is 0. The van der Waals surface area contributed by atoms with E-state index in [9.17, 15) is 24.0 Å². The molecule has 11 nitrogen and oxygen atoms in total. The fourth-order valence-electron chi connectivity index (χ4n) is 1.26. The highest BCUT2D eigenvalue weighted by Crippen LogP contribution is 1.87. The van der Waals surface area contributed by atoms with Crippen LogP contribution in [-0.2, 0) is 33.4 Å². The lowest BCUT2D eigenvalue weighted by Gasteiger charge is -2.16. The van der Waals surface area contributed by atoms with Gasteiger partial charge in [-0.15, -0.1) is 0 Å². The van der Waals surface area contributed by atoms with Gasteiger partial charge in [0.25, 0.3) is 0 Å². The smallest absolute Gasteiger partial charge is 0.329 e. The Labute approximate surface area is 130 Å². The lowest BCUT2D eigenvalue weighted by atomic mass is 10.2. The number of rotatable bonds is 12. The van der Waals surface area contributed by atoms with Crippen LogP contribution in [0.25, 0.3) is 0 Å². The van der Waals surface area contributed by atoms with Crippen molar-refractivity contribution < 1.29 is 43.7 Å². The van der Waals surface area contributed by atoms with E-state index in [2.05, 4.69) is 20.1 Å². The van der Waals surface area contributed by atoms with Crippen molar-refractivity contribution in [3.8, 4) is 0 Å². The molecule has 0 aliphatic heterocycles. The molecule has 0 aromatic rings. The molecule has 0 heterocycles. The minimum Gasteiger partial charge on any atom is -0.480 e. The van der Waals surface area contributed by atoms with Gasteiger partial charge in [0.15, 0.2) is 5.78 Å². The van der Waals surface area contributed by atoms with Crippen LogP contribution in [0.1, 0.15) is 6.92 Å². The quantitative estimate of drug-likeness (QED) is 0.298. The van der Waals surface area contributed by atoms with E-state index in [0.29, 0.717) is 0 Å². The van der Waals surface area contributed by atoms with Crippen LogP contribution < -0.4 is 10.6 Å². The summed E-state index contributed by atoms with van der Waals surface area (Å²) in [5, 5.41) is 21.2. The van der Waals surface area contributed by atoms with Crippen LogP contribution in [-0.4, -0.2) is 78.8 Å². The van der Waals surface area contributed by atoms with Crippen molar-refractivity contribution in [3.05, 3.63) is 0 Å². The van der Waals surface area contributed by atoms with Gasteiger partial charge in [0.1, 0.15) is 32.5 Å². The fourth-order valence-corrected chi connectivity index (χ4v) is 1.26. The average molecular weight is 334 g/mol. The van der Waals surface area contributed by atoms with E-state index in [-0.39, 0.29) is 6.54 Å². The highest BCUT2D eigenvalue weighted by molar-refractivity contribution is 5.89. The molecule has 130 valence electrons. The van der Waals surface area contributed by atoms with Crippen LogP contribution >= 0.6 is 0 Å². The van der Waals surface area contributed by atoms with E-state index in [4.69, 9.17) is 10.2 Å². The van der Waals surface area contributed by atoms with Crippen molar-refractivity contribution in [1.82, 2.24) is 10.6 Å². The first-order valence-corrected chi connectivity index (χ1v) is 6.38. The highest BCUT2D eigenvalue weighted by Gasteiger charge is 2.18. The maximum Gasteiger partial charge on any atom is 0.329 e. The predicted octanol–water partition coefficient (Wildman–Crippen LogP) is -2.62. The highest BCUT2D eigenvalue weighted by atomic mass is 16.5. The first-order valence-electron chi connectivity index (χ1n) is 6.38. The molecule has 0 aliphatic carbocycles. The molecule has 0 aromatic carbocycles. The minimum atomic E-state index is -1.24. The molecule has 0 saturated carbocycles. The van der Waals surface area contributed by atoms with Crippen molar-refractivity contribution in [2.24, 2.45) is 0 Å². The Balaban J connectivity index is 4.13. The van der Waals surface area contributed by atoms with Gasteiger partial charge in [-0.1, -0.05) is 0 Å². The van der Waals surface area contributed by atoms with Gasteiger partial charge in [-0.25, -0.2) is 9.59 Å². The van der Waals surface area contributed by atoms with E-state index in [1.54, 1.807) is 0 Å². The van der Waals surface area contributed by atoms with Gasteiger partial charge in [-0.3, -0.25) is 14.4 Å². The molecule has 4 N–H and O–H groups in total. The zero-order chi connectivity index (χ0) is 17.8. The summed E-state index contributed by atoms with van der Waals surface area (Å²) in [6, 6.07) is -1.03. The molecule has 0 spiro atoms. The number of hydrogen-bond donors (Lipinski definition) is 4. The van der Waals surface area contributed by atoms with Gasteiger partial charge in [-0.05, 0) is 6.92 Å². The minimum absolute atomic E-state index is 0.227. The SMILES string of the molecule is CC(=O)[C@H](CNC(=O)COCC(=O)O)NC(=O)COCC(=O)O. The summed E-state index contributed by atoms with van der Waals surface area (Å²) in [5.41, 5.74) is 0. The zero-order valence-corrected chi connectivity index (χ0v) is 12.4. The van der Waals surface area contributed by atoms with E-state index < -0.39 is 62.0 Å². The predicted molar refractivity (Wildman–Crippen MR) is 72.5 cm³/mol. The molecule has 1 atom stereocenters. The second-order valence-electron chi connectivity index (χ2n) is 4.31. The molecule has 0 unspecified atom stereocenters. The van der Waals surface area contributed by atoms with Gasteiger partial charge in [0.2, 0.25) is 11.8 Å². The van der Waals surface area contributed by atoms with Crippen LogP contribution in [0.4, 0.5) is 0 Å². The molecule has 0 rings (SSSR count). The second kappa shape index (κ2) is 11.1. The Morgan fingerprint density at radius 3 is 1.78 bits per heavy atom. The van der Waals surface area contributed by atoms with E-state index in [0.717, 1.165) is 0 Å². The standard InChI is InChI=1S/C12H18N2O9/c1-7(15)8(14-10(17)4-23-6-12(20)21)2-13-9(16)3-22-5-11(18)19/h8H,2-6H2,1H3,(H,13,16)(H,14,17)(H,18,19)(H,20,21)/t8-/m0/s1. The number of ether oxygens (including phenoxy) is 2. The van der Waals surface area contributed by atoms with Crippen LogP contribution in [0, 0.1) is 0 Å². The number of ketones is 1. The van der Waals surface area contributed by atoms with Crippen LogP contribution in [0.5, 0.6) is 0 Å². The number of amides is 2. The van der Waals surface area contributed by atoms with Crippen molar-refractivity contribution in [1.29, 1.82) is 0 Å². The van der Waals surface area contributed by atoms with Crippen LogP contribution in [0.3, 0.4) is 0 Å². The maximum atomic E-state index is 11.4. The normalized spacial score (nSPS) is 11.3. The Kier molecular flexibility index (Phi) is 9.87. The van der Waals surface area contributed by atoms with Crippen molar-refractivity contribution in [3.63, 3.8) is 0 Å². The monoisotopic (exact) mass is 334 g/mol. The summed E-state index contributed by atoms with van der Waals surface area (Å²) in [6.45, 7) is -1.39. The molecule has 0 aromatic heterocycles. The van der Waals surface area contributed by atoms with E-state index in [1.165, 1.54) is 6.92 Å². The second-order valence-corrected chi connectivity index (χ2v) is 4.31. The number of Topliss-reactive ketones (excluding diaryl/α,β-unsaturated/α-hetero) is 1. The third-order valence-electron chi connectivity index (χ3n) is 2.25. The Morgan fingerprint density at radius 1 is 0.870 bits per heavy atom. The number of nitrogens with one attached hydrogen (secondary N) is 2. The third kappa shape index (κ3) is 11.8. The Morgan fingerprint density at radius 2 is 1.35 bits per heavy atom. The molecule has 23 heavy (non-hydrogen) atoms. The number of carboxylic acid groups (broad SMARTS) is 2. The largest absolute Gasteiger partial charge is 0.480 e. The van der Waals surface area contributed by atoms with E-state index >= 15 is 0 Å². The van der Waals surface area contributed by atoms with Crippen LogP contribution in [0.2, 0.25) is 0 Å². The maximum absolute atomic E-state index is 11.4. The lowest BCUT2D eigenvalue weighted by Crippen LogP contribution is -2.49. The first kappa shape index (κ1) is 20.5. The fraction of sp³-hybridized carbons (Fsp3) is 0.583. The first-order chi connectivity index (χ1) is 10.7. The van der Waals surface area contributed by atoms with Gasteiger partial charge < -0.3 is 30.3 Å².